The summed E-state index contributed by atoms with van der Waals surface area (Å²) in [6.45, 7) is 10.8. The molecule has 1 aromatic heterocycles. The van der Waals surface area contributed by atoms with E-state index >= 15 is 0 Å². The number of hydrogen-bond donors (Lipinski definition) is 2. The molecular weight excluding hydrogens is 244 g/mol. The summed E-state index contributed by atoms with van der Waals surface area (Å²) in [6, 6.07) is 2.23. The molecule has 0 saturated heterocycles. The van der Waals surface area contributed by atoms with Gasteiger partial charge in [0.1, 0.15) is 0 Å². The Balaban J connectivity index is 2.54. The van der Waals surface area contributed by atoms with Crippen molar-refractivity contribution >= 4 is 11.8 Å². The molecule has 4 heteroatoms. The van der Waals surface area contributed by atoms with Crippen molar-refractivity contribution in [3.63, 3.8) is 0 Å². The van der Waals surface area contributed by atoms with Gasteiger partial charge in [0, 0.05) is 36.8 Å². The van der Waals surface area contributed by atoms with Crippen LogP contribution in [0.5, 0.6) is 0 Å². The summed E-state index contributed by atoms with van der Waals surface area (Å²) in [7, 11) is 0. The van der Waals surface area contributed by atoms with Crippen LogP contribution in [0.25, 0.3) is 0 Å². The minimum Gasteiger partial charge on any atom is -0.388 e. The molecule has 1 rings (SSSR count). The Hall–Kier alpha value is -0.450. The molecule has 1 aromatic rings. The maximum atomic E-state index is 10.1. The molecular formula is C14H26N2OS. The molecule has 0 saturated carbocycles. The van der Waals surface area contributed by atoms with E-state index in [-0.39, 0.29) is 0 Å². The first-order chi connectivity index (χ1) is 8.41. The lowest BCUT2D eigenvalue weighted by atomic mass is 10.1. The minimum absolute atomic E-state index is 0.629. The minimum atomic E-state index is -0.629. The van der Waals surface area contributed by atoms with Gasteiger partial charge in [-0.05, 0) is 45.6 Å². The lowest BCUT2D eigenvalue weighted by molar-refractivity contribution is 0.0845. The van der Waals surface area contributed by atoms with Crippen LogP contribution in [0, 0.1) is 13.8 Å². The lowest BCUT2D eigenvalue weighted by Crippen LogP contribution is -2.39. The molecule has 0 spiro atoms. The van der Waals surface area contributed by atoms with Gasteiger partial charge in [0.15, 0.2) is 0 Å². The molecule has 18 heavy (non-hydrogen) atoms. The van der Waals surface area contributed by atoms with E-state index in [2.05, 4.69) is 36.7 Å². The Morgan fingerprint density at radius 1 is 1.44 bits per heavy atom. The number of rotatable bonds is 7. The van der Waals surface area contributed by atoms with Crippen LogP contribution < -0.4 is 5.32 Å². The van der Waals surface area contributed by atoms with Gasteiger partial charge in [-0.15, -0.1) is 0 Å². The van der Waals surface area contributed by atoms with Gasteiger partial charge in [-0.3, -0.25) is 0 Å². The van der Waals surface area contributed by atoms with Crippen molar-refractivity contribution in [2.45, 2.75) is 46.4 Å². The monoisotopic (exact) mass is 270 g/mol. The van der Waals surface area contributed by atoms with Crippen LogP contribution in [-0.2, 0) is 13.1 Å². The average Bonchev–Trinajstić information content (AvgIpc) is 2.53. The van der Waals surface area contributed by atoms with Crippen molar-refractivity contribution in [2.24, 2.45) is 0 Å². The highest BCUT2D eigenvalue weighted by molar-refractivity contribution is 7.98. The van der Waals surface area contributed by atoms with Crippen molar-refractivity contribution in [3.8, 4) is 0 Å². The van der Waals surface area contributed by atoms with E-state index in [9.17, 15) is 5.11 Å². The van der Waals surface area contributed by atoms with Crippen molar-refractivity contribution in [2.75, 3.05) is 18.6 Å². The highest BCUT2D eigenvalue weighted by atomic mass is 32.2. The molecule has 0 aliphatic carbocycles. The molecule has 104 valence electrons. The van der Waals surface area contributed by atoms with Crippen molar-refractivity contribution < 1.29 is 5.11 Å². The van der Waals surface area contributed by atoms with E-state index in [1.54, 1.807) is 11.8 Å². The molecule has 0 radical (unpaired) electrons. The molecule has 0 bridgehead atoms. The summed E-state index contributed by atoms with van der Waals surface area (Å²) in [5, 5.41) is 13.4. The molecule has 0 fully saturated rings. The summed E-state index contributed by atoms with van der Waals surface area (Å²) in [5.74, 6) is 0.758. The number of nitrogens with zero attached hydrogens (tertiary/aromatic N) is 1. The summed E-state index contributed by atoms with van der Waals surface area (Å²) in [6.07, 6.45) is 2.02. The highest BCUT2D eigenvalue weighted by Gasteiger charge is 2.19. The van der Waals surface area contributed by atoms with Gasteiger partial charge in [0.25, 0.3) is 0 Å². The second-order valence-corrected chi connectivity index (χ2v) is 6.04. The third-order valence-electron chi connectivity index (χ3n) is 3.27. The fourth-order valence-corrected chi connectivity index (χ4v) is 3.09. The Kier molecular flexibility index (Phi) is 5.76. The molecule has 1 unspecified atom stereocenters. The zero-order valence-electron chi connectivity index (χ0n) is 12.2. The summed E-state index contributed by atoms with van der Waals surface area (Å²) >= 11 is 1.67. The van der Waals surface area contributed by atoms with Crippen molar-refractivity contribution in [1.29, 1.82) is 0 Å². The number of aromatic nitrogens is 1. The fraction of sp³-hybridized carbons (Fsp3) is 0.714. The van der Waals surface area contributed by atoms with Gasteiger partial charge < -0.3 is 15.0 Å². The smallest absolute Gasteiger partial charge is 0.0833 e. The van der Waals surface area contributed by atoms with Crippen LogP contribution in [0.1, 0.15) is 30.8 Å². The standard InChI is InChI=1S/C14H26N2OS/c1-6-16-11(2)7-13(12(16)3)8-15-9-14(4,17)10-18-5/h7,15,17H,6,8-10H2,1-5H3. The highest BCUT2D eigenvalue weighted by Crippen LogP contribution is 2.15. The maximum Gasteiger partial charge on any atom is 0.0833 e. The molecule has 1 heterocycles. The zero-order chi connectivity index (χ0) is 13.8. The molecule has 0 amide bonds. The van der Waals surface area contributed by atoms with E-state index in [0.717, 1.165) is 18.8 Å². The van der Waals surface area contributed by atoms with Gasteiger partial charge in [0.05, 0.1) is 5.60 Å². The third-order valence-corrected chi connectivity index (χ3v) is 4.18. The first-order valence-electron chi connectivity index (χ1n) is 6.49. The first-order valence-corrected chi connectivity index (χ1v) is 7.88. The third kappa shape index (κ3) is 4.04. The molecule has 0 aromatic carbocycles. The fourth-order valence-electron chi connectivity index (χ4n) is 2.37. The van der Waals surface area contributed by atoms with Gasteiger partial charge in [0.2, 0.25) is 0 Å². The number of hydrogen-bond acceptors (Lipinski definition) is 3. The quantitative estimate of drug-likeness (QED) is 0.798. The van der Waals surface area contributed by atoms with E-state index in [1.165, 1.54) is 17.0 Å². The van der Waals surface area contributed by atoms with Crippen LogP contribution in [0.3, 0.4) is 0 Å². The Bertz CT molecular complexity index is 385. The summed E-state index contributed by atoms with van der Waals surface area (Å²) in [4.78, 5) is 0. The van der Waals surface area contributed by atoms with Crippen LogP contribution >= 0.6 is 11.8 Å². The topological polar surface area (TPSA) is 37.2 Å². The lowest BCUT2D eigenvalue weighted by Gasteiger charge is -2.22. The predicted molar refractivity (Wildman–Crippen MR) is 80.3 cm³/mol. The second kappa shape index (κ2) is 6.64. The molecule has 3 nitrogen and oxygen atoms in total. The number of aryl methyl sites for hydroxylation is 1. The molecule has 0 aliphatic heterocycles. The van der Waals surface area contributed by atoms with Crippen LogP contribution in [-0.4, -0.2) is 33.8 Å². The number of thioether (sulfide) groups is 1. The Labute approximate surface area is 115 Å². The molecule has 2 N–H and O–H groups in total. The number of aliphatic hydroxyl groups is 1. The molecule has 1 atom stereocenters. The zero-order valence-corrected chi connectivity index (χ0v) is 13.0. The second-order valence-electron chi connectivity index (χ2n) is 5.17. The van der Waals surface area contributed by atoms with E-state index in [0.29, 0.717) is 6.54 Å². The van der Waals surface area contributed by atoms with Crippen LogP contribution in [0.4, 0.5) is 0 Å². The maximum absolute atomic E-state index is 10.1. The van der Waals surface area contributed by atoms with Gasteiger partial charge in [-0.1, -0.05) is 0 Å². The largest absolute Gasteiger partial charge is 0.388 e. The van der Waals surface area contributed by atoms with E-state index in [4.69, 9.17) is 0 Å². The summed E-state index contributed by atoms with van der Waals surface area (Å²) < 4.78 is 2.32. The Morgan fingerprint density at radius 2 is 2.11 bits per heavy atom. The van der Waals surface area contributed by atoms with Crippen molar-refractivity contribution in [1.82, 2.24) is 9.88 Å². The van der Waals surface area contributed by atoms with Crippen LogP contribution in [0.15, 0.2) is 6.07 Å². The number of nitrogens with one attached hydrogen (secondary N) is 1. The van der Waals surface area contributed by atoms with Gasteiger partial charge in [-0.25, -0.2) is 0 Å². The van der Waals surface area contributed by atoms with Crippen LogP contribution in [0.2, 0.25) is 0 Å². The van der Waals surface area contributed by atoms with Gasteiger partial charge in [-0.2, -0.15) is 11.8 Å². The SMILES string of the molecule is CCn1c(C)cc(CNCC(C)(O)CSC)c1C. The first kappa shape index (κ1) is 15.6. The van der Waals surface area contributed by atoms with Crippen molar-refractivity contribution in [3.05, 3.63) is 23.0 Å². The summed E-state index contributed by atoms with van der Waals surface area (Å²) in [5.41, 5.74) is 3.33. The average molecular weight is 270 g/mol. The Morgan fingerprint density at radius 3 is 2.61 bits per heavy atom. The predicted octanol–water partition coefficient (Wildman–Crippen LogP) is 2.33. The van der Waals surface area contributed by atoms with Gasteiger partial charge >= 0.3 is 0 Å². The molecule has 0 aliphatic rings. The van der Waals surface area contributed by atoms with E-state index < -0.39 is 5.60 Å². The normalized spacial score (nSPS) is 14.8. The van der Waals surface area contributed by atoms with E-state index in [1.807, 2.05) is 13.2 Å².